The van der Waals surface area contributed by atoms with E-state index in [9.17, 15) is 24.1 Å². The lowest BCUT2D eigenvalue weighted by molar-refractivity contribution is -0.385. The van der Waals surface area contributed by atoms with E-state index in [1.807, 2.05) is 0 Å². The predicted octanol–water partition coefficient (Wildman–Crippen LogP) is 2.36. The van der Waals surface area contributed by atoms with E-state index in [4.69, 9.17) is 5.11 Å². The highest BCUT2D eigenvalue weighted by molar-refractivity contribution is 5.96. The first-order chi connectivity index (χ1) is 10.7. The van der Waals surface area contributed by atoms with Crippen LogP contribution in [0.15, 0.2) is 18.2 Å². The highest BCUT2D eigenvalue weighted by atomic mass is 19.1. The lowest BCUT2D eigenvalue weighted by atomic mass is 9.99. The van der Waals surface area contributed by atoms with Crippen LogP contribution in [0.4, 0.5) is 10.1 Å². The van der Waals surface area contributed by atoms with Crippen molar-refractivity contribution in [2.24, 2.45) is 0 Å². The average molecular weight is 324 g/mol. The van der Waals surface area contributed by atoms with Gasteiger partial charge in [-0.3, -0.25) is 14.9 Å². The van der Waals surface area contributed by atoms with Crippen LogP contribution in [-0.2, 0) is 4.79 Å². The summed E-state index contributed by atoms with van der Waals surface area (Å²) in [6.45, 7) is 3.01. The molecule has 0 aliphatic carbocycles. The van der Waals surface area contributed by atoms with Gasteiger partial charge in [0.05, 0.1) is 11.5 Å². The van der Waals surface area contributed by atoms with Crippen LogP contribution in [0.1, 0.15) is 42.1 Å². The Bertz CT molecular complexity index is 676. The smallest absolute Gasteiger partial charge is 0.343 e. The zero-order chi connectivity index (χ0) is 17.4. The van der Waals surface area contributed by atoms with Crippen LogP contribution in [0.3, 0.4) is 0 Å². The van der Waals surface area contributed by atoms with Crippen LogP contribution < -0.4 is 0 Å². The second-order valence-corrected chi connectivity index (χ2v) is 5.93. The number of carboxylic acid groups (broad SMARTS) is 1. The van der Waals surface area contributed by atoms with Crippen molar-refractivity contribution in [3.05, 3.63) is 39.4 Å². The molecule has 1 aliphatic heterocycles. The number of alkyl halides is 1. The summed E-state index contributed by atoms with van der Waals surface area (Å²) in [7, 11) is 0. The van der Waals surface area contributed by atoms with Gasteiger partial charge in [0.15, 0.2) is 0 Å². The zero-order valence-corrected chi connectivity index (χ0v) is 12.8. The van der Waals surface area contributed by atoms with E-state index in [-0.39, 0.29) is 30.1 Å². The summed E-state index contributed by atoms with van der Waals surface area (Å²) in [4.78, 5) is 34.9. The molecule has 1 N–H and O–H groups in total. The van der Waals surface area contributed by atoms with Crippen LogP contribution in [0.5, 0.6) is 0 Å². The molecule has 1 saturated heterocycles. The summed E-state index contributed by atoms with van der Waals surface area (Å²) >= 11 is 0. The van der Waals surface area contributed by atoms with Crippen molar-refractivity contribution in [1.29, 1.82) is 0 Å². The van der Waals surface area contributed by atoms with Crippen molar-refractivity contribution >= 4 is 17.6 Å². The quantitative estimate of drug-likeness (QED) is 0.677. The Labute approximate surface area is 131 Å². The fraction of sp³-hybridized carbons (Fsp3) is 0.467. The van der Waals surface area contributed by atoms with Gasteiger partial charge in [-0.25, -0.2) is 9.18 Å². The summed E-state index contributed by atoms with van der Waals surface area (Å²) in [6.07, 6.45) is -0.291. The molecule has 1 aromatic carbocycles. The van der Waals surface area contributed by atoms with Crippen molar-refractivity contribution in [1.82, 2.24) is 4.90 Å². The molecule has 7 nitrogen and oxygen atoms in total. The predicted molar refractivity (Wildman–Crippen MR) is 79.2 cm³/mol. The van der Waals surface area contributed by atoms with Gasteiger partial charge in [0.25, 0.3) is 11.6 Å². The highest BCUT2D eigenvalue weighted by Gasteiger charge is 2.47. The molecule has 0 aromatic heterocycles. The molecule has 1 aliphatic rings. The Morgan fingerprint density at radius 1 is 1.43 bits per heavy atom. The average Bonchev–Trinajstić information content (AvgIpc) is 2.89. The molecule has 0 radical (unpaired) electrons. The first kappa shape index (κ1) is 16.9. The maximum atomic E-state index is 14.0. The number of carbonyl (C=O) groups is 2. The lowest BCUT2D eigenvalue weighted by Crippen LogP contribution is -2.38. The second-order valence-electron chi connectivity index (χ2n) is 5.93. The summed E-state index contributed by atoms with van der Waals surface area (Å²) in [5.74, 6) is -2.30. The molecule has 2 rings (SSSR count). The van der Waals surface area contributed by atoms with Crippen LogP contribution in [0, 0.1) is 10.1 Å². The molecule has 8 heteroatoms. The van der Waals surface area contributed by atoms with E-state index in [0.29, 0.717) is 5.56 Å². The number of likely N-dealkylation sites (tertiary alicyclic amines) is 1. The molecule has 1 heterocycles. The molecule has 124 valence electrons. The van der Waals surface area contributed by atoms with Crippen LogP contribution >= 0.6 is 0 Å². The SMILES string of the molecule is CC(C)c1ccc(C(=O)N2CCC(F)(C(=O)O)C2)cc1[N+](=O)[O-]. The van der Waals surface area contributed by atoms with Crippen molar-refractivity contribution in [3.8, 4) is 0 Å². The number of carboxylic acids is 1. The van der Waals surface area contributed by atoms with Gasteiger partial charge in [0.2, 0.25) is 5.67 Å². The van der Waals surface area contributed by atoms with Gasteiger partial charge in [-0.2, -0.15) is 0 Å². The minimum Gasteiger partial charge on any atom is -0.479 e. The zero-order valence-electron chi connectivity index (χ0n) is 12.8. The third-order valence-electron chi connectivity index (χ3n) is 3.99. The molecular weight excluding hydrogens is 307 g/mol. The van der Waals surface area contributed by atoms with Gasteiger partial charge in [-0.05, 0) is 12.0 Å². The number of rotatable bonds is 4. The molecule has 1 unspecified atom stereocenters. The Hall–Kier alpha value is -2.51. The molecule has 0 saturated carbocycles. The van der Waals surface area contributed by atoms with Crippen molar-refractivity contribution < 1.29 is 24.0 Å². The number of nitro groups is 1. The maximum absolute atomic E-state index is 14.0. The van der Waals surface area contributed by atoms with E-state index in [0.717, 1.165) is 11.0 Å². The molecule has 1 atom stereocenters. The number of hydrogen-bond acceptors (Lipinski definition) is 4. The Balaban J connectivity index is 2.29. The van der Waals surface area contributed by atoms with Crippen LogP contribution in [0.25, 0.3) is 0 Å². The third kappa shape index (κ3) is 3.15. The number of benzene rings is 1. The standard InChI is InChI=1S/C15H17FN2O5/c1-9(2)11-4-3-10(7-12(11)18(22)23)13(19)17-6-5-15(16,8-17)14(20)21/h3-4,7,9H,5-6,8H2,1-2H3,(H,20,21). The summed E-state index contributed by atoms with van der Waals surface area (Å²) in [5.41, 5.74) is -2.08. The number of halogens is 1. The Morgan fingerprint density at radius 3 is 2.57 bits per heavy atom. The fourth-order valence-electron chi connectivity index (χ4n) is 2.63. The fourth-order valence-corrected chi connectivity index (χ4v) is 2.63. The minimum atomic E-state index is -2.46. The van der Waals surface area contributed by atoms with Crippen LogP contribution in [-0.4, -0.2) is 45.6 Å². The molecule has 1 aromatic rings. The Morgan fingerprint density at radius 2 is 2.09 bits per heavy atom. The number of aliphatic carboxylic acids is 1. The first-order valence-corrected chi connectivity index (χ1v) is 7.15. The molecular formula is C15H17FN2O5. The van der Waals surface area contributed by atoms with Gasteiger partial charge >= 0.3 is 5.97 Å². The van der Waals surface area contributed by atoms with Gasteiger partial charge in [0, 0.05) is 30.2 Å². The summed E-state index contributed by atoms with van der Waals surface area (Å²) < 4.78 is 14.0. The summed E-state index contributed by atoms with van der Waals surface area (Å²) in [5, 5.41) is 20.0. The minimum absolute atomic E-state index is 0.0403. The van der Waals surface area contributed by atoms with Crippen molar-refractivity contribution in [2.45, 2.75) is 31.9 Å². The monoisotopic (exact) mass is 324 g/mol. The molecule has 1 amide bonds. The van der Waals surface area contributed by atoms with E-state index >= 15 is 0 Å². The largest absolute Gasteiger partial charge is 0.479 e. The maximum Gasteiger partial charge on any atom is 0.343 e. The normalized spacial score (nSPS) is 20.8. The summed E-state index contributed by atoms with van der Waals surface area (Å²) in [6, 6.07) is 4.12. The lowest BCUT2D eigenvalue weighted by Gasteiger charge is -2.18. The van der Waals surface area contributed by atoms with E-state index in [1.54, 1.807) is 13.8 Å². The van der Waals surface area contributed by atoms with Gasteiger partial charge in [-0.1, -0.05) is 19.9 Å². The number of hydrogen-bond donors (Lipinski definition) is 1. The van der Waals surface area contributed by atoms with Gasteiger partial charge in [-0.15, -0.1) is 0 Å². The topological polar surface area (TPSA) is 101 Å². The van der Waals surface area contributed by atoms with E-state index < -0.39 is 29.0 Å². The highest BCUT2D eigenvalue weighted by Crippen LogP contribution is 2.30. The molecule has 23 heavy (non-hydrogen) atoms. The number of amides is 1. The molecule has 0 bridgehead atoms. The second kappa shape index (κ2) is 5.94. The van der Waals surface area contributed by atoms with Crippen molar-refractivity contribution in [2.75, 3.05) is 13.1 Å². The number of nitrogens with zero attached hydrogens (tertiary/aromatic N) is 2. The van der Waals surface area contributed by atoms with Gasteiger partial charge in [0.1, 0.15) is 0 Å². The molecule has 0 spiro atoms. The molecule has 1 fully saturated rings. The van der Waals surface area contributed by atoms with Crippen molar-refractivity contribution in [3.63, 3.8) is 0 Å². The first-order valence-electron chi connectivity index (χ1n) is 7.15. The Kier molecular flexibility index (Phi) is 4.35. The van der Waals surface area contributed by atoms with E-state index in [1.165, 1.54) is 12.1 Å². The van der Waals surface area contributed by atoms with E-state index in [2.05, 4.69) is 0 Å². The third-order valence-corrected chi connectivity index (χ3v) is 3.99. The van der Waals surface area contributed by atoms with Crippen LogP contribution in [0.2, 0.25) is 0 Å². The number of nitro benzene ring substituents is 1. The van der Waals surface area contributed by atoms with Gasteiger partial charge < -0.3 is 10.0 Å². The number of carbonyl (C=O) groups excluding carboxylic acids is 1.